The molecule has 1 aliphatic carbocycles. The van der Waals surface area contributed by atoms with Crippen LogP contribution in [0.25, 0.3) is 111 Å². The number of rotatable bonds is 3. The van der Waals surface area contributed by atoms with Crippen LogP contribution < -0.4 is 0 Å². The molecule has 48 heavy (non-hydrogen) atoms. The van der Waals surface area contributed by atoms with Crippen molar-refractivity contribution in [1.29, 1.82) is 0 Å². The van der Waals surface area contributed by atoms with Gasteiger partial charge < -0.3 is 8.83 Å². The molecule has 7 aromatic carbocycles. The number of furan rings is 2. The molecule has 5 heteroatoms. The molecule has 3 aromatic heterocycles. The molecule has 0 unspecified atom stereocenters. The Bertz CT molecular complexity index is 2950. The van der Waals surface area contributed by atoms with Crippen LogP contribution in [0.3, 0.4) is 0 Å². The summed E-state index contributed by atoms with van der Waals surface area (Å²) >= 11 is 0. The molecule has 10 aromatic rings. The summed E-state index contributed by atoms with van der Waals surface area (Å²) in [5, 5.41) is 6.49. The predicted octanol–water partition coefficient (Wildman–Crippen LogP) is 11.5. The molecule has 1 aliphatic rings. The molecule has 0 saturated heterocycles. The van der Waals surface area contributed by atoms with Crippen LogP contribution in [0.15, 0.2) is 148 Å². The Morgan fingerprint density at radius 3 is 1.79 bits per heavy atom. The van der Waals surface area contributed by atoms with Gasteiger partial charge in [0.1, 0.15) is 22.3 Å². The van der Waals surface area contributed by atoms with Gasteiger partial charge in [-0.05, 0) is 51.7 Å². The molecular formula is C43H23N3O2. The molecular weight excluding hydrogens is 590 g/mol. The molecule has 0 atom stereocenters. The summed E-state index contributed by atoms with van der Waals surface area (Å²) in [7, 11) is 0. The minimum absolute atomic E-state index is 0.586. The summed E-state index contributed by atoms with van der Waals surface area (Å²) in [6, 6.07) is 47.8. The minimum atomic E-state index is 0.586. The van der Waals surface area contributed by atoms with Crippen LogP contribution >= 0.6 is 0 Å². The summed E-state index contributed by atoms with van der Waals surface area (Å²) < 4.78 is 13.0. The summed E-state index contributed by atoms with van der Waals surface area (Å²) in [5.74, 6) is 1.78. The van der Waals surface area contributed by atoms with Crippen LogP contribution in [-0.4, -0.2) is 15.0 Å². The van der Waals surface area contributed by atoms with Crippen LogP contribution in [0.5, 0.6) is 0 Å². The fourth-order valence-electron chi connectivity index (χ4n) is 7.62. The largest absolute Gasteiger partial charge is 0.456 e. The molecule has 0 aliphatic heterocycles. The summed E-state index contributed by atoms with van der Waals surface area (Å²) in [5.41, 5.74) is 10.6. The molecule has 0 spiro atoms. The fourth-order valence-corrected chi connectivity index (χ4v) is 7.62. The highest BCUT2D eigenvalue weighted by molar-refractivity contribution is 6.26. The van der Waals surface area contributed by atoms with Crippen molar-refractivity contribution in [2.24, 2.45) is 0 Å². The van der Waals surface area contributed by atoms with E-state index in [0.29, 0.717) is 17.5 Å². The van der Waals surface area contributed by atoms with Crippen LogP contribution in [0.2, 0.25) is 0 Å². The Kier molecular flexibility index (Phi) is 5.05. The molecule has 222 valence electrons. The second kappa shape index (κ2) is 9.47. The van der Waals surface area contributed by atoms with Gasteiger partial charge in [-0.1, -0.05) is 115 Å². The third-order valence-electron chi connectivity index (χ3n) is 9.67. The quantitative estimate of drug-likeness (QED) is 0.198. The van der Waals surface area contributed by atoms with Crippen molar-refractivity contribution in [3.05, 3.63) is 140 Å². The van der Waals surface area contributed by atoms with E-state index in [1.54, 1.807) is 0 Å². The number of para-hydroxylation sites is 2. The lowest BCUT2D eigenvalue weighted by atomic mass is 9.95. The summed E-state index contributed by atoms with van der Waals surface area (Å²) in [4.78, 5) is 15.6. The molecule has 0 bridgehead atoms. The minimum Gasteiger partial charge on any atom is -0.456 e. The van der Waals surface area contributed by atoms with Gasteiger partial charge in [0.25, 0.3) is 0 Å². The predicted molar refractivity (Wildman–Crippen MR) is 193 cm³/mol. The molecule has 0 fully saturated rings. The molecule has 0 N–H and O–H groups in total. The Morgan fingerprint density at radius 1 is 0.375 bits per heavy atom. The lowest BCUT2D eigenvalue weighted by Crippen LogP contribution is -2.01. The van der Waals surface area contributed by atoms with Crippen molar-refractivity contribution in [2.45, 2.75) is 0 Å². The van der Waals surface area contributed by atoms with Gasteiger partial charge in [-0.2, -0.15) is 0 Å². The first-order chi connectivity index (χ1) is 23.8. The fraction of sp³-hybridized carbons (Fsp3) is 0. The molecule has 5 nitrogen and oxygen atoms in total. The molecule has 0 amide bonds. The highest BCUT2D eigenvalue weighted by Gasteiger charge is 2.29. The average Bonchev–Trinajstić information content (AvgIpc) is 3.82. The van der Waals surface area contributed by atoms with Gasteiger partial charge in [-0.25, -0.2) is 15.0 Å². The Morgan fingerprint density at radius 2 is 0.979 bits per heavy atom. The van der Waals surface area contributed by atoms with Gasteiger partial charge in [0.15, 0.2) is 17.5 Å². The maximum atomic E-state index is 6.76. The molecule has 0 saturated carbocycles. The second-order valence-electron chi connectivity index (χ2n) is 12.3. The first-order valence-corrected chi connectivity index (χ1v) is 16.0. The van der Waals surface area contributed by atoms with Gasteiger partial charge >= 0.3 is 0 Å². The van der Waals surface area contributed by atoms with Crippen LogP contribution in [0.4, 0.5) is 0 Å². The summed E-state index contributed by atoms with van der Waals surface area (Å²) in [6.07, 6.45) is 0. The molecule has 3 heterocycles. The smallest absolute Gasteiger partial charge is 0.164 e. The van der Waals surface area contributed by atoms with Gasteiger partial charge in [-0.15, -0.1) is 0 Å². The first-order valence-electron chi connectivity index (χ1n) is 16.0. The third-order valence-corrected chi connectivity index (χ3v) is 9.67. The number of benzene rings is 7. The number of hydrogen-bond donors (Lipinski definition) is 0. The SMILES string of the molecule is c1ccc(-c2nc(-c3cccc4oc5ccccc5c34)nc(-c3cc4c(c5oc6ccccc6c35)-c3cccc5cccc-4c35)n2)cc1. The zero-order valence-electron chi connectivity index (χ0n) is 25.4. The third kappa shape index (κ3) is 3.47. The second-order valence-corrected chi connectivity index (χ2v) is 12.3. The van der Waals surface area contributed by atoms with E-state index in [-0.39, 0.29) is 0 Å². The van der Waals surface area contributed by atoms with E-state index in [0.717, 1.165) is 71.7 Å². The van der Waals surface area contributed by atoms with E-state index in [4.69, 9.17) is 23.8 Å². The highest BCUT2D eigenvalue weighted by Crippen LogP contribution is 2.53. The van der Waals surface area contributed by atoms with Crippen molar-refractivity contribution in [1.82, 2.24) is 15.0 Å². The zero-order chi connectivity index (χ0) is 31.3. The van der Waals surface area contributed by atoms with Crippen molar-refractivity contribution in [2.75, 3.05) is 0 Å². The van der Waals surface area contributed by atoms with E-state index >= 15 is 0 Å². The number of nitrogens with zero attached hydrogens (tertiary/aromatic N) is 3. The number of aromatic nitrogens is 3. The van der Waals surface area contributed by atoms with E-state index in [1.807, 2.05) is 72.8 Å². The Labute approximate surface area is 273 Å². The van der Waals surface area contributed by atoms with Crippen molar-refractivity contribution in [3.8, 4) is 56.4 Å². The lowest BCUT2D eigenvalue weighted by Gasteiger charge is -2.12. The van der Waals surface area contributed by atoms with Crippen molar-refractivity contribution in [3.63, 3.8) is 0 Å². The lowest BCUT2D eigenvalue weighted by molar-refractivity contribution is 0.669. The zero-order valence-corrected chi connectivity index (χ0v) is 25.4. The molecule has 0 radical (unpaired) electrons. The molecule has 11 rings (SSSR count). The van der Waals surface area contributed by atoms with Gasteiger partial charge in [0.2, 0.25) is 0 Å². The van der Waals surface area contributed by atoms with Gasteiger partial charge in [0, 0.05) is 43.8 Å². The maximum Gasteiger partial charge on any atom is 0.164 e. The number of fused-ring (bicyclic) bond motifs is 10. The Balaban J connectivity index is 1.27. The standard InChI is InChI=1S/C43H23N3O2/c1-2-11-25(12-3-1)41-44-42(30-19-10-22-35-37(30)27-15-4-6-20-33(27)47-35)46-43(45-41)32-23-31-26-17-8-13-24-14-9-18-29(36(24)26)39(31)40-38(32)28-16-5-7-21-34(28)48-40/h1-23H. The van der Waals surface area contributed by atoms with Crippen molar-refractivity contribution < 1.29 is 8.83 Å². The Hall–Kier alpha value is -6.59. The first kappa shape index (κ1) is 25.6. The topological polar surface area (TPSA) is 65.0 Å². The van der Waals surface area contributed by atoms with E-state index in [9.17, 15) is 0 Å². The van der Waals surface area contributed by atoms with Crippen LogP contribution in [0, 0.1) is 0 Å². The van der Waals surface area contributed by atoms with E-state index < -0.39 is 0 Å². The maximum absolute atomic E-state index is 6.76. The van der Waals surface area contributed by atoms with Gasteiger partial charge in [-0.3, -0.25) is 0 Å². The highest BCUT2D eigenvalue weighted by atomic mass is 16.3. The van der Waals surface area contributed by atoms with Gasteiger partial charge in [0.05, 0.1) is 0 Å². The number of hydrogen-bond acceptors (Lipinski definition) is 5. The van der Waals surface area contributed by atoms with E-state index in [2.05, 4.69) is 66.7 Å². The van der Waals surface area contributed by atoms with E-state index in [1.165, 1.54) is 21.9 Å². The van der Waals surface area contributed by atoms with Crippen LogP contribution in [-0.2, 0) is 0 Å². The van der Waals surface area contributed by atoms with Crippen LogP contribution in [0.1, 0.15) is 0 Å². The monoisotopic (exact) mass is 613 g/mol. The normalized spacial score (nSPS) is 12.2. The average molecular weight is 614 g/mol. The van der Waals surface area contributed by atoms with Crippen molar-refractivity contribution >= 4 is 54.6 Å². The summed E-state index contributed by atoms with van der Waals surface area (Å²) in [6.45, 7) is 0.